The van der Waals surface area contributed by atoms with Crippen LogP contribution in [0, 0.1) is 5.41 Å². The molecule has 1 N–H and O–H groups in total. The lowest BCUT2D eigenvalue weighted by atomic mass is 9.86. The molecule has 0 spiro atoms. The molecule has 124 valence electrons. The van der Waals surface area contributed by atoms with Crippen LogP contribution in [-0.4, -0.2) is 30.7 Å². The van der Waals surface area contributed by atoms with Gasteiger partial charge in [-0.2, -0.15) is 0 Å². The normalized spacial score (nSPS) is 16.2. The van der Waals surface area contributed by atoms with Crippen molar-refractivity contribution < 1.29 is 14.4 Å². The summed E-state index contributed by atoms with van der Waals surface area (Å²) in [4.78, 5) is 38.1. The Bertz CT molecular complexity index is 656. The summed E-state index contributed by atoms with van der Waals surface area (Å²) in [7, 11) is 0. The number of carbonyl (C=O) groups is 3. The van der Waals surface area contributed by atoms with Gasteiger partial charge in [0, 0.05) is 11.1 Å². The molecular formula is C18H24N2O3. The molecule has 2 rings (SSSR count). The smallest absolute Gasteiger partial charge is 0.240 e. The second kappa shape index (κ2) is 5.80. The third-order valence-electron chi connectivity index (χ3n) is 4.23. The molecule has 5 nitrogen and oxygen atoms in total. The molecule has 0 fully saturated rings. The molecule has 1 aliphatic heterocycles. The molecule has 23 heavy (non-hydrogen) atoms. The molecule has 0 bridgehead atoms. The van der Waals surface area contributed by atoms with E-state index in [9.17, 15) is 14.4 Å². The minimum absolute atomic E-state index is 0.0184. The van der Waals surface area contributed by atoms with Gasteiger partial charge < -0.3 is 10.2 Å². The Balaban J connectivity index is 2.08. The van der Waals surface area contributed by atoms with E-state index >= 15 is 0 Å². The second-order valence-corrected chi connectivity index (χ2v) is 7.48. The Labute approximate surface area is 137 Å². The number of carbonyl (C=O) groups excluding carboxylic acids is 3. The summed E-state index contributed by atoms with van der Waals surface area (Å²) < 4.78 is 0. The van der Waals surface area contributed by atoms with Crippen LogP contribution in [0.4, 0.5) is 5.69 Å². The van der Waals surface area contributed by atoms with Crippen molar-refractivity contribution >= 4 is 23.3 Å². The van der Waals surface area contributed by atoms with Gasteiger partial charge >= 0.3 is 0 Å². The molecule has 5 heteroatoms. The van der Waals surface area contributed by atoms with Crippen LogP contribution in [0.3, 0.4) is 0 Å². The number of para-hydroxylation sites is 1. The predicted molar refractivity (Wildman–Crippen MR) is 89.3 cm³/mol. The van der Waals surface area contributed by atoms with Crippen LogP contribution < -0.4 is 10.2 Å². The van der Waals surface area contributed by atoms with Crippen LogP contribution in [0.15, 0.2) is 24.3 Å². The fraction of sp³-hybridized carbons (Fsp3) is 0.500. The highest BCUT2D eigenvalue weighted by molar-refractivity contribution is 6.10. The van der Waals surface area contributed by atoms with Gasteiger partial charge in [-0.05, 0) is 25.5 Å². The Morgan fingerprint density at radius 1 is 1.17 bits per heavy atom. The molecule has 1 aliphatic rings. The largest absolute Gasteiger partial charge is 0.347 e. The summed E-state index contributed by atoms with van der Waals surface area (Å²) in [6.07, 6.45) is 0. The summed E-state index contributed by atoms with van der Waals surface area (Å²) in [5.41, 5.74) is 0.548. The first-order chi connectivity index (χ1) is 10.5. The SMILES string of the molecule is CC(C)(C)C(=O)CNC(=O)CN1C(=O)C(C)(C)c2ccccc21. The van der Waals surface area contributed by atoms with Gasteiger partial charge in [0.2, 0.25) is 11.8 Å². The Morgan fingerprint density at radius 3 is 2.39 bits per heavy atom. The number of hydrogen-bond acceptors (Lipinski definition) is 3. The summed E-state index contributed by atoms with van der Waals surface area (Å²) in [6, 6.07) is 7.49. The summed E-state index contributed by atoms with van der Waals surface area (Å²) in [6.45, 7) is 9.05. The lowest BCUT2D eigenvalue weighted by Gasteiger charge is -2.21. The van der Waals surface area contributed by atoms with E-state index in [0.717, 1.165) is 11.3 Å². The van der Waals surface area contributed by atoms with Gasteiger partial charge in [-0.3, -0.25) is 14.4 Å². The predicted octanol–water partition coefficient (Wildman–Crippen LogP) is 2.04. The van der Waals surface area contributed by atoms with Gasteiger partial charge in [0.1, 0.15) is 6.54 Å². The topological polar surface area (TPSA) is 66.5 Å². The molecule has 1 heterocycles. The molecule has 0 saturated heterocycles. The number of anilines is 1. The summed E-state index contributed by atoms with van der Waals surface area (Å²) >= 11 is 0. The minimum atomic E-state index is -0.641. The zero-order valence-electron chi connectivity index (χ0n) is 14.4. The number of Topliss-reactive ketones (excluding diaryl/α,β-unsaturated/α-hetero) is 1. The average molecular weight is 316 g/mol. The van der Waals surface area contributed by atoms with Crippen LogP contribution in [0.5, 0.6) is 0 Å². The van der Waals surface area contributed by atoms with E-state index in [4.69, 9.17) is 0 Å². The number of amides is 2. The molecule has 0 saturated carbocycles. The molecular weight excluding hydrogens is 292 g/mol. The quantitative estimate of drug-likeness (QED) is 0.924. The highest BCUT2D eigenvalue weighted by atomic mass is 16.2. The highest BCUT2D eigenvalue weighted by Gasteiger charge is 2.44. The maximum atomic E-state index is 12.6. The van der Waals surface area contributed by atoms with Crippen molar-refractivity contribution in [1.29, 1.82) is 0 Å². The maximum Gasteiger partial charge on any atom is 0.240 e. The maximum absolute atomic E-state index is 12.6. The van der Waals surface area contributed by atoms with Crippen molar-refractivity contribution in [3.05, 3.63) is 29.8 Å². The number of benzene rings is 1. The van der Waals surface area contributed by atoms with Crippen LogP contribution in [0.1, 0.15) is 40.2 Å². The number of ketones is 1. The van der Waals surface area contributed by atoms with Gasteiger partial charge in [-0.15, -0.1) is 0 Å². The van der Waals surface area contributed by atoms with Crippen LogP contribution in [0.25, 0.3) is 0 Å². The lowest BCUT2D eigenvalue weighted by Crippen LogP contribution is -2.44. The van der Waals surface area contributed by atoms with Crippen LogP contribution >= 0.6 is 0 Å². The third-order valence-corrected chi connectivity index (χ3v) is 4.23. The molecule has 1 aromatic rings. The van der Waals surface area contributed by atoms with E-state index in [0.29, 0.717) is 0 Å². The van der Waals surface area contributed by atoms with E-state index in [1.54, 1.807) is 0 Å². The lowest BCUT2D eigenvalue weighted by molar-refractivity contribution is -0.129. The number of rotatable bonds is 4. The van der Waals surface area contributed by atoms with Crippen molar-refractivity contribution in [2.75, 3.05) is 18.0 Å². The van der Waals surface area contributed by atoms with E-state index in [1.807, 2.05) is 58.9 Å². The van der Waals surface area contributed by atoms with Gasteiger partial charge in [0.15, 0.2) is 5.78 Å². The van der Waals surface area contributed by atoms with E-state index in [-0.39, 0.29) is 30.7 Å². The zero-order chi connectivity index (χ0) is 17.4. The molecule has 0 aromatic heterocycles. The van der Waals surface area contributed by atoms with E-state index in [1.165, 1.54) is 4.90 Å². The fourth-order valence-corrected chi connectivity index (χ4v) is 2.60. The van der Waals surface area contributed by atoms with Crippen molar-refractivity contribution in [3.63, 3.8) is 0 Å². The summed E-state index contributed by atoms with van der Waals surface area (Å²) in [5.74, 6) is -0.473. The molecule has 0 atom stereocenters. The minimum Gasteiger partial charge on any atom is -0.347 e. The van der Waals surface area contributed by atoms with Crippen molar-refractivity contribution in [2.45, 2.75) is 40.0 Å². The first kappa shape index (κ1) is 17.2. The Morgan fingerprint density at radius 2 is 1.78 bits per heavy atom. The Hall–Kier alpha value is -2.17. The van der Waals surface area contributed by atoms with Gasteiger partial charge in [-0.1, -0.05) is 39.0 Å². The Kier molecular flexibility index (Phi) is 4.33. The monoisotopic (exact) mass is 316 g/mol. The van der Waals surface area contributed by atoms with Crippen LogP contribution in [-0.2, 0) is 19.8 Å². The van der Waals surface area contributed by atoms with Gasteiger partial charge in [-0.25, -0.2) is 0 Å². The third kappa shape index (κ3) is 3.28. The number of fused-ring (bicyclic) bond motifs is 1. The molecule has 0 radical (unpaired) electrons. The van der Waals surface area contributed by atoms with Crippen molar-refractivity contribution in [1.82, 2.24) is 5.32 Å². The first-order valence-corrected chi connectivity index (χ1v) is 7.76. The van der Waals surface area contributed by atoms with Gasteiger partial charge in [0.05, 0.1) is 12.0 Å². The molecule has 0 unspecified atom stereocenters. The van der Waals surface area contributed by atoms with Crippen molar-refractivity contribution in [3.8, 4) is 0 Å². The van der Waals surface area contributed by atoms with Crippen molar-refractivity contribution in [2.24, 2.45) is 5.41 Å². The second-order valence-electron chi connectivity index (χ2n) is 7.48. The number of nitrogens with zero attached hydrogens (tertiary/aromatic N) is 1. The van der Waals surface area contributed by atoms with Gasteiger partial charge in [0.25, 0.3) is 0 Å². The molecule has 0 aliphatic carbocycles. The average Bonchev–Trinajstić information content (AvgIpc) is 2.65. The fourth-order valence-electron chi connectivity index (χ4n) is 2.60. The highest BCUT2D eigenvalue weighted by Crippen LogP contribution is 2.40. The van der Waals surface area contributed by atoms with E-state index < -0.39 is 10.8 Å². The number of nitrogens with one attached hydrogen (secondary N) is 1. The first-order valence-electron chi connectivity index (χ1n) is 7.76. The zero-order valence-corrected chi connectivity index (χ0v) is 14.4. The van der Waals surface area contributed by atoms with E-state index in [2.05, 4.69) is 5.32 Å². The number of hydrogen-bond donors (Lipinski definition) is 1. The van der Waals surface area contributed by atoms with Crippen LogP contribution in [0.2, 0.25) is 0 Å². The molecule has 1 aromatic carbocycles. The summed E-state index contributed by atoms with van der Waals surface area (Å²) in [5, 5.41) is 2.61. The standard InChI is InChI=1S/C18H24N2O3/c1-17(2,3)14(21)10-19-15(22)11-20-13-9-7-6-8-12(13)18(4,5)16(20)23/h6-9H,10-11H2,1-5H3,(H,19,22). The molecule has 2 amide bonds.